The van der Waals surface area contributed by atoms with Crippen LogP contribution in [0.4, 0.5) is 0 Å². The summed E-state index contributed by atoms with van der Waals surface area (Å²) in [5.74, 6) is 1.42. The second-order valence-electron chi connectivity index (χ2n) is 6.55. The molecule has 0 radical (unpaired) electrons. The van der Waals surface area contributed by atoms with Crippen molar-refractivity contribution in [1.82, 2.24) is 4.57 Å². The van der Waals surface area contributed by atoms with Gasteiger partial charge in [-0.05, 0) is 37.0 Å². The van der Waals surface area contributed by atoms with E-state index in [1.54, 1.807) is 0 Å². The van der Waals surface area contributed by atoms with E-state index in [1.807, 2.05) is 0 Å². The largest absolute Gasteiger partial charge is 0.313 e. The molecule has 1 fully saturated rings. The maximum Gasteiger partial charge on any atom is 0.0537 e. The number of aromatic nitrogens is 1. The maximum atomic E-state index is 2.51. The summed E-state index contributed by atoms with van der Waals surface area (Å²) in [5, 5.41) is 2.73. The minimum Gasteiger partial charge on any atom is -0.313 e. The summed E-state index contributed by atoms with van der Waals surface area (Å²) in [6.07, 6.45) is 11.0. The smallest absolute Gasteiger partial charge is 0.0537 e. The molecular formula is C21H19N. The van der Waals surface area contributed by atoms with Crippen molar-refractivity contribution >= 4 is 27.5 Å². The summed E-state index contributed by atoms with van der Waals surface area (Å²) >= 11 is 0. The molecule has 0 saturated heterocycles. The first kappa shape index (κ1) is 12.3. The lowest BCUT2D eigenvalue weighted by molar-refractivity contribution is 0.552. The van der Waals surface area contributed by atoms with Crippen LogP contribution < -0.4 is 0 Å². The number of hydrogen-bond donors (Lipinski definition) is 0. The summed E-state index contributed by atoms with van der Waals surface area (Å²) in [6, 6.07) is 17.6. The predicted octanol–water partition coefficient (Wildman–Crippen LogP) is 5.62. The monoisotopic (exact) mass is 285 g/mol. The van der Waals surface area contributed by atoms with Gasteiger partial charge in [0.25, 0.3) is 0 Å². The van der Waals surface area contributed by atoms with E-state index in [2.05, 4.69) is 71.3 Å². The van der Waals surface area contributed by atoms with Crippen molar-refractivity contribution < 1.29 is 0 Å². The predicted molar refractivity (Wildman–Crippen MR) is 93.7 cm³/mol. The van der Waals surface area contributed by atoms with E-state index >= 15 is 0 Å². The van der Waals surface area contributed by atoms with E-state index < -0.39 is 0 Å². The Bertz CT molecular complexity index is 872. The average Bonchev–Trinajstić information content (AvgIpc) is 3.17. The molecule has 1 heteroatoms. The van der Waals surface area contributed by atoms with E-state index in [-0.39, 0.29) is 0 Å². The fraction of sp³-hybridized carbons (Fsp3) is 0.238. The Morgan fingerprint density at radius 3 is 2.23 bits per heavy atom. The molecule has 0 spiro atoms. The minimum absolute atomic E-state index is 0.684. The van der Waals surface area contributed by atoms with Crippen LogP contribution in [0.1, 0.15) is 19.3 Å². The molecule has 108 valence electrons. The topological polar surface area (TPSA) is 4.93 Å². The number of benzene rings is 2. The first-order valence-corrected chi connectivity index (χ1v) is 8.30. The van der Waals surface area contributed by atoms with Crippen molar-refractivity contribution in [2.75, 3.05) is 0 Å². The number of para-hydroxylation sites is 2. The highest BCUT2D eigenvalue weighted by molar-refractivity contribution is 6.10. The normalized spacial score (nSPS) is 23.9. The third-order valence-electron chi connectivity index (χ3n) is 5.41. The van der Waals surface area contributed by atoms with E-state index in [4.69, 9.17) is 0 Å². The SMILES string of the molecule is C1=CC2CCCC2C(n2c3ccccc3c3ccccc32)=C1. The Morgan fingerprint density at radius 2 is 1.50 bits per heavy atom. The molecule has 2 aliphatic rings. The zero-order valence-corrected chi connectivity index (χ0v) is 12.6. The standard InChI is InChI=1S/C21H19N/c1-3-12-20-17(9-1)18-10-2-4-13-21(18)22(20)19-14-6-8-15-7-5-11-16(15)19/h1-4,6,8-10,12-16H,5,7,11H2. The van der Waals surface area contributed by atoms with Gasteiger partial charge in [-0.15, -0.1) is 0 Å². The van der Waals surface area contributed by atoms with Gasteiger partial charge in [-0.2, -0.15) is 0 Å². The van der Waals surface area contributed by atoms with Crippen LogP contribution in [0.2, 0.25) is 0 Å². The van der Waals surface area contributed by atoms with E-state index in [1.165, 1.54) is 46.8 Å². The molecule has 5 rings (SSSR count). The molecule has 3 aromatic rings. The lowest BCUT2D eigenvalue weighted by Crippen LogP contribution is -2.15. The van der Waals surface area contributed by atoms with Gasteiger partial charge >= 0.3 is 0 Å². The number of rotatable bonds is 1. The number of nitrogens with zero attached hydrogens (tertiary/aromatic N) is 1. The van der Waals surface area contributed by atoms with E-state index in [0.29, 0.717) is 5.92 Å². The highest BCUT2D eigenvalue weighted by atomic mass is 15.0. The highest BCUT2D eigenvalue weighted by Gasteiger charge is 2.31. The van der Waals surface area contributed by atoms with Gasteiger partial charge < -0.3 is 4.57 Å². The van der Waals surface area contributed by atoms with Crippen molar-refractivity contribution in [2.45, 2.75) is 19.3 Å². The first-order chi connectivity index (χ1) is 10.9. The van der Waals surface area contributed by atoms with Crippen molar-refractivity contribution in [2.24, 2.45) is 11.8 Å². The van der Waals surface area contributed by atoms with Crippen LogP contribution in [0.5, 0.6) is 0 Å². The van der Waals surface area contributed by atoms with Gasteiger partial charge in [0.2, 0.25) is 0 Å². The second-order valence-corrected chi connectivity index (χ2v) is 6.55. The molecule has 1 saturated carbocycles. The molecule has 0 aliphatic heterocycles. The van der Waals surface area contributed by atoms with Crippen molar-refractivity contribution in [1.29, 1.82) is 0 Å². The number of allylic oxidation sites excluding steroid dienone is 4. The van der Waals surface area contributed by atoms with Crippen molar-refractivity contribution in [3.05, 3.63) is 66.8 Å². The van der Waals surface area contributed by atoms with Crippen LogP contribution in [0.15, 0.2) is 66.8 Å². The Balaban J connectivity index is 1.86. The van der Waals surface area contributed by atoms with Crippen molar-refractivity contribution in [3.8, 4) is 0 Å². The zero-order chi connectivity index (χ0) is 14.5. The summed E-state index contributed by atoms with van der Waals surface area (Å²) < 4.78 is 2.51. The third-order valence-corrected chi connectivity index (χ3v) is 5.41. The first-order valence-electron chi connectivity index (χ1n) is 8.30. The van der Waals surface area contributed by atoms with Crippen LogP contribution in [-0.4, -0.2) is 4.57 Å². The molecule has 2 unspecified atom stereocenters. The molecular weight excluding hydrogens is 266 g/mol. The van der Waals surface area contributed by atoms with Crippen LogP contribution in [0.25, 0.3) is 27.5 Å². The lowest BCUT2D eigenvalue weighted by atomic mass is 9.88. The number of fused-ring (bicyclic) bond motifs is 4. The van der Waals surface area contributed by atoms with Crippen LogP contribution in [-0.2, 0) is 0 Å². The van der Waals surface area contributed by atoms with E-state index in [0.717, 1.165) is 5.92 Å². The van der Waals surface area contributed by atoms with Gasteiger partial charge in [-0.1, -0.05) is 55.0 Å². The number of hydrogen-bond acceptors (Lipinski definition) is 0. The van der Waals surface area contributed by atoms with Gasteiger partial charge in [0.05, 0.1) is 11.0 Å². The highest BCUT2D eigenvalue weighted by Crippen LogP contribution is 2.44. The quantitative estimate of drug-likeness (QED) is 0.546. The summed E-state index contributed by atoms with van der Waals surface area (Å²) in [6.45, 7) is 0. The van der Waals surface area contributed by atoms with Crippen molar-refractivity contribution in [3.63, 3.8) is 0 Å². The molecule has 0 N–H and O–H groups in total. The summed E-state index contributed by atoms with van der Waals surface area (Å²) in [5.41, 5.74) is 4.18. The molecule has 2 aromatic carbocycles. The van der Waals surface area contributed by atoms with Gasteiger partial charge in [-0.25, -0.2) is 0 Å². The molecule has 2 aliphatic carbocycles. The third kappa shape index (κ3) is 1.60. The lowest BCUT2D eigenvalue weighted by Gasteiger charge is -2.25. The van der Waals surface area contributed by atoms with E-state index in [9.17, 15) is 0 Å². The summed E-state index contributed by atoms with van der Waals surface area (Å²) in [7, 11) is 0. The Labute approximate surface area is 130 Å². The summed E-state index contributed by atoms with van der Waals surface area (Å²) in [4.78, 5) is 0. The Morgan fingerprint density at radius 1 is 0.818 bits per heavy atom. The molecule has 1 nitrogen and oxygen atoms in total. The fourth-order valence-corrected chi connectivity index (χ4v) is 4.45. The molecule has 0 bridgehead atoms. The molecule has 22 heavy (non-hydrogen) atoms. The zero-order valence-electron chi connectivity index (χ0n) is 12.6. The van der Waals surface area contributed by atoms with Gasteiger partial charge in [-0.3, -0.25) is 0 Å². The van der Waals surface area contributed by atoms with Crippen LogP contribution in [0, 0.1) is 11.8 Å². The van der Waals surface area contributed by atoms with Gasteiger partial charge in [0, 0.05) is 22.4 Å². The Kier molecular flexibility index (Phi) is 2.57. The second kappa shape index (κ2) is 4.61. The minimum atomic E-state index is 0.684. The van der Waals surface area contributed by atoms with Gasteiger partial charge in [0.15, 0.2) is 0 Å². The molecule has 2 atom stereocenters. The molecule has 1 aromatic heterocycles. The van der Waals surface area contributed by atoms with Crippen LogP contribution >= 0.6 is 0 Å². The van der Waals surface area contributed by atoms with Crippen LogP contribution in [0.3, 0.4) is 0 Å². The average molecular weight is 285 g/mol. The molecule has 1 heterocycles. The Hall–Kier alpha value is -2.28. The maximum absolute atomic E-state index is 2.51. The van der Waals surface area contributed by atoms with Gasteiger partial charge in [0.1, 0.15) is 0 Å². The fourth-order valence-electron chi connectivity index (χ4n) is 4.45. The molecule has 0 amide bonds.